The monoisotopic (exact) mass is 692 g/mol. The third-order valence-corrected chi connectivity index (χ3v) is 9.40. The van der Waals surface area contributed by atoms with Crippen molar-refractivity contribution < 1.29 is 38.3 Å². The van der Waals surface area contributed by atoms with E-state index in [4.69, 9.17) is 4.74 Å². The summed E-state index contributed by atoms with van der Waals surface area (Å²) in [6.45, 7) is 6.62. The Morgan fingerprint density at radius 3 is 2.40 bits per heavy atom. The molecule has 0 aromatic heterocycles. The van der Waals surface area contributed by atoms with Crippen molar-refractivity contribution in [2.24, 2.45) is 5.92 Å². The first kappa shape index (κ1) is 37.8. The molecule has 4 rings (SSSR count). The van der Waals surface area contributed by atoms with Crippen molar-refractivity contribution in [2.75, 3.05) is 26.7 Å². The van der Waals surface area contributed by atoms with Crippen LogP contribution in [-0.2, 0) is 44.7 Å². The van der Waals surface area contributed by atoms with Crippen molar-refractivity contribution in [1.29, 1.82) is 0 Å². The van der Waals surface area contributed by atoms with Crippen molar-refractivity contribution >= 4 is 41.4 Å². The van der Waals surface area contributed by atoms with Crippen molar-refractivity contribution in [3.8, 4) is 0 Å². The van der Waals surface area contributed by atoms with Gasteiger partial charge in [-0.2, -0.15) is 0 Å². The molecular formula is C36H48N6O8. The second-order valence-electron chi connectivity index (χ2n) is 13.2. The highest BCUT2D eigenvalue weighted by Gasteiger charge is 2.44. The molecule has 3 N–H and O–H groups in total. The van der Waals surface area contributed by atoms with Gasteiger partial charge in [-0.1, -0.05) is 55.5 Å². The Kier molecular flexibility index (Phi) is 12.9. The predicted octanol–water partition coefficient (Wildman–Crippen LogP) is 0.467. The minimum atomic E-state index is -1.42. The van der Waals surface area contributed by atoms with Crippen molar-refractivity contribution in [3.63, 3.8) is 0 Å². The Hall–Kier alpha value is -5.01. The highest BCUT2D eigenvalue weighted by atomic mass is 16.5. The largest absolute Gasteiger partial charge is 0.461 e. The number of rotatable bonds is 7. The smallest absolute Gasteiger partial charge is 0.328 e. The molecule has 3 fully saturated rings. The number of esters is 1. The van der Waals surface area contributed by atoms with Crippen LogP contribution in [0.1, 0.15) is 52.5 Å². The molecule has 0 aliphatic carbocycles. The van der Waals surface area contributed by atoms with Crippen LogP contribution in [0.3, 0.4) is 0 Å². The Labute approximate surface area is 292 Å². The lowest BCUT2D eigenvalue weighted by Crippen LogP contribution is -2.60. The van der Waals surface area contributed by atoms with Crippen LogP contribution in [0.2, 0.25) is 0 Å². The minimum absolute atomic E-state index is 0.0455. The van der Waals surface area contributed by atoms with E-state index in [1.807, 2.05) is 13.0 Å². The maximum Gasteiger partial charge on any atom is 0.328 e. The van der Waals surface area contributed by atoms with E-state index in [0.29, 0.717) is 19.3 Å². The molecule has 270 valence electrons. The number of allylic oxidation sites excluding steroid dienone is 3. The summed E-state index contributed by atoms with van der Waals surface area (Å²) >= 11 is 0. The summed E-state index contributed by atoms with van der Waals surface area (Å²) in [5, 5.41) is 8.06. The second-order valence-corrected chi connectivity index (χ2v) is 13.2. The zero-order valence-corrected chi connectivity index (χ0v) is 29.3. The number of likely N-dealkylation sites (N-methyl/N-ethyl adjacent to an activating group) is 1. The van der Waals surface area contributed by atoms with Crippen LogP contribution in [0, 0.1) is 5.92 Å². The molecule has 0 spiro atoms. The number of carbonyl (C=O) groups is 7. The quantitative estimate of drug-likeness (QED) is 0.210. The minimum Gasteiger partial charge on any atom is -0.461 e. The summed E-state index contributed by atoms with van der Waals surface area (Å²) in [5.74, 6) is -4.22. The lowest BCUT2D eigenvalue weighted by molar-refractivity contribution is -0.158. The van der Waals surface area contributed by atoms with Crippen molar-refractivity contribution in [3.05, 3.63) is 60.2 Å². The van der Waals surface area contributed by atoms with Crippen LogP contribution in [-0.4, -0.2) is 119 Å². The first-order valence-corrected chi connectivity index (χ1v) is 17.1. The highest BCUT2D eigenvalue weighted by molar-refractivity contribution is 5.98. The Bertz CT molecular complexity index is 1510. The van der Waals surface area contributed by atoms with E-state index < -0.39 is 84.3 Å². The van der Waals surface area contributed by atoms with Crippen molar-refractivity contribution in [1.82, 2.24) is 30.7 Å². The molecule has 6 amide bonds. The summed E-state index contributed by atoms with van der Waals surface area (Å²) in [7, 11) is 1.46. The number of cyclic esters (lactones) is 1. The molecule has 14 nitrogen and oxygen atoms in total. The molecule has 3 heterocycles. The number of fused-ring (bicyclic) bond motifs is 2. The zero-order valence-electron chi connectivity index (χ0n) is 29.3. The number of nitrogens with one attached hydrogen (secondary N) is 3. The number of benzene rings is 1. The third kappa shape index (κ3) is 9.16. The Morgan fingerprint density at radius 2 is 1.70 bits per heavy atom. The average molecular weight is 693 g/mol. The molecule has 3 saturated heterocycles. The van der Waals surface area contributed by atoms with Gasteiger partial charge in [0.25, 0.3) is 0 Å². The lowest BCUT2D eigenvalue weighted by atomic mass is 10.0. The number of hydrogen-bond donors (Lipinski definition) is 3. The van der Waals surface area contributed by atoms with Gasteiger partial charge in [0.2, 0.25) is 35.4 Å². The standard InChI is InChI=1S/C36H48N6O8/c1-6-7-9-16-30(43)38-26(19-25-13-10-8-11-14-25)32(45)39-27-21-50-36(49)29-18-22(2)20-42(29)33(46)23(3)37-31(44)24(4)40(5)35(48)28-15-12-17-41(28)34(27)47/h6-11,13-14,16,22-24,26-29H,12,15,17-21H2,1-5H3,(H,37,44)(H,38,43)(H,39,45)/b7-6+,16-9+/t22-,23-,24+,26+,27+,28+,29+/m1/s1. The number of nitrogens with zero attached hydrogens (tertiary/aromatic N) is 3. The summed E-state index contributed by atoms with van der Waals surface area (Å²) in [6.07, 6.45) is 7.43. The number of amides is 6. The van der Waals surface area contributed by atoms with Crippen LogP contribution in [0.5, 0.6) is 0 Å². The molecule has 3 aliphatic rings. The normalized spacial score (nSPS) is 27.6. The highest BCUT2D eigenvalue weighted by Crippen LogP contribution is 2.26. The first-order valence-electron chi connectivity index (χ1n) is 17.1. The van der Waals surface area contributed by atoms with E-state index in [9.17, 15) is 33.6 Å². The maximum absolute atomic E-state index is 14.2. The van der Waals surface area contributed by atoms with Gasteiger partial charge in [-0.05, 0) is 51.5 Å². The van der Waals surface area contributed by atoms with Crippen LogP contribution in [0.4, 0.5) is 0 Å². The molecule has 7 atom stereocenters. The molecule has 0 saturated carbocycles. The molecule has 1 aromatic rings. The molecule has 1 aromatic carbocycles. The molecule has 14 heteroatoms. The fraction of sp³-hybridized carbons (Fsp3) is 0.528. The van der Waals surface area contributed by atoms with E-state index >= 15 is 0 Å². The maximum atomic E-state index is 14.2. The van der Waals surface area contributed by atoms with E-state index in [2.05, 4.69) is 16.0 Å². The van der Waals surface area contributed by atoms with Gasteiger partial charge >= 0.3 is 5.97 Å². The first-order chi connectivity index (χ1) is 23.8. The van der Waals surface area contributed by atoms with Crippen LogP contribution < -0.4 is 16.0 Å². The lowest BCUT2D eigenvalue weighted by Gasteiger charge is -2.34. The summed E-state index contributed by atoms with van der Waals surface area (Å²) < 4.78 is 5.67. The van der Waals surface area contributed by atoms with Crippen LogP contribution >= 0.6 is 0 Å². The number of carbonyl (C=O) groups excluding carboxylic acids is 7. The summed E-state index contributed by atoms with van der Waals surface area (Å²) in [4.78, 5) is 98.8. The van der Waals surface area contributed by atoms with Gasteiger partial charge in [0.15, 0.2) is 0 Å². The van der Waals surface area contributed by atoms with Gasteiger partial charge < -0.3 is 35.4 Å². The Morgan fingerprint density at radius 1 is 0.980 bits per heavy atom. The molecule has 0 radical (unpaired) electrons. The fourth-order valence-electron chi connectivity index (χ4n) is 6.49. The molecule has 50 heavy (non-hydrogen) atoms. The van der Waals surface area contributed by atoms with E-state index in [1.54, 1.807) is 43.3 Å². The van der Waals surface area contributed by atoms with Crippen LogP contribution in [0.25, 0.3) is 0 Å². The predicted molar refractivity (Wildman–Crippen MR) is 183 cm³/mol. The number of hydrogen-bond acceptors (Lipinski definition) is 8. The molecule has 0 bridgehead atoms. The van der Waals surface area contributed by atoms with Crippen molar-refractivity contribution in [2.45, 2.75) is 89.6 Å². The van der Waals surface area contributed by atoms with Gasteiger partial charge in [0, 0.05) is 32.6 Å². The van der Waals surface area contributed by atoms with E-state index in [1.165, 1.54) is 47.7 Å². The fourth-order valence-corrected chi connectivity index (χ4v) is 6.49. The summed E-state index contributed by atoms with van der Waals surface area (Å²) in [5.41, 5.74) is 0.752. The third-order valence-electron chi connectivity index (χ3n) is 9.40. The van der Waals surface area contributed by atoms with Gasteiger partial charge in [0.05, 0.1) is 0 Å². The Balaban J connectivity index is 1.67. The van der Waals surface area contributed by atoms with Gasteiger partial charge in [-0.3, -0.25) is 28.8 Å². The van der Waals surface area contributed by atoms with E-state index in [0.717, 1.165) is 5.56 Å². The molecule has 3 aliphatic heterocycles. The SMILES string of the molecule is C/C=C/C=C/C(=O)N[C@@H](Cc1ccccc1)C(=O)N[C@H]1COC(=O)[C@@H]2C[C@@H](C)CN2C(=O)[C@@H](C)NC(=O)[C@H](C)N(C)C(=O)[C@@H]2CCCN2C1=O. The van der Waals surface area contributed by atoms with Gasteiger partial charge in [-0.15, -0.1) is 0 Å². The molecular weight excluding hydrogens is 644 g/mol. The average Bonchev–Trinajstić information content (AvgIpc) is 3.75. The summed E-state index contributed by atoms with van der Waals surface area (Å²) in [6, 6.07) is 2.63. The zero-order chi connectivity index (χ0) is 36.5. The van der Waals surface area contributed by atoms with Gasteiger partial charge in [-0.25, -0.2) is 4.79 Å². The van der Waals surface area contributed by atoms with Gasteiger partial charge in [0.1, 0.15) is 42.9 Å². The second kappa shape index (κ2) is 17.1. The van der Waals surface area contributed by atoms with E-state index in [-0.39, 0.29) is 25.4 Å². The topological polar surface area (TPSA) is 175 Å². The molecule has 0 unspecified atom stereocenters. The van der Waals surface area contributed by atoms with Crippen LogP contribution in [0.15, 0.2) is 54.6 Å². The number of ether oxygens (including phenoxy) is 1.